The van der Waals surface area contributed by atoms with Crippen molar-refractivity contribution in [2.75, 3.05) is 41.4 Å². The zero-order valence-corrected chi connectivity index (χ0v) is 16.7. The maximum absolute atomic E-state index is 12.9. The van der Waals surface area contributed by atoms with Crippen LogP contribution in [0.2, 0.25) is 0 Å². The topological polar surface area (TPSA) is 52.7 Å². The molecule has 4 rings (SSSR count). The Bertz CT molecular complexity index is 864. The molecule has 2 fully saturated rings. The SMILES string of the molecule is O=C(Nc1ccccc1CN1CCSCC1)c1cccc(N2CCCC2=O)c1. The molecular formula is C22H25N3O2S. The molecule has 2 aliphatic heterocycles. The highest BCUT2D eigenvalue weighted by atomic mass is 32.2. The van der Waals surface area contributed by atoms with E-state index < -0.39 is 0 Å². The lowest BCUT2D eigenvalue weighted by molar-refractivity contribution is -0.117. The smallest absolute Gasteiger partial charge is 0.255 e. The van der Waals surface area contributed by atoms with Crippen LogP contribution >= 0.6 is 11.8 Å². The van der Waals surface area contributed by atoms with Crippen molar-refractivity contribution in [1.29, 1.82) is 0 Å². The summed E-state index contributed by atoms with van der Waals surface area (Å²) in [4.78, 5) is 29.1. The third-order valence-corrected chi connectivity index (χ3v) is 6.20. The highest BCUT2D eigenvalue weighted by molar-refractivity contribution is 7.99. The van der Waals surface area contributed by atoms with Crippen molar-refractivity contribution in [1.82, 2.24) is 4.90 Å². The Labute approximate surface area is 170 Å². The molecule has 0 aliphatic carbocycles. The van der Waals surface area contributed by atoms with Crippen LogP contribution in [0, 0.1) is 0 Å². The van der Waals surface area contributed by atoms with Gasteiger partial charge in [0.1, 0.15) is 0 Å². The molecule has 6 heteroatoms. The normalized spacial score (nSPS) is 17.7. The lowest BCUT2D eigenvalue weighted by Crippen LogP contribution is -2.32. The molecule has 1 N–H and O–H groups in total. The molecule has 0 unspecified atom stereocenters. The van der Waals surface area contributed by atoms with Gasteiger partial charge in [-0.05, 0) is 36.2 Å². The van der Waals surface area contributed by atoms with Crippen LogP contribution in [0.5, 0.6) is 0 Å². The van der Waals surface area contributed by atoms with E-state index >= 15 is 0 Å². The number of thioether (sulfide) groups is 1. The number of para-hydroxylation sites is 1. The molecule has 2 aromatic carbocycles. The van der Waals surface area contributed by atoms with Gasteiger partial charge >= 0.3 is 0 Å². The number of nitrogens with zero attached hydrogens (tertiary/aromatic N) is 2. The number of nitrogens with one attached hydrogen (secondary N) is 1. The van der Waals surface area contributed by atoms with Crippen LogP contribution in [-0.4, -0.2) is 47.9 Å². The average Bonchev–Trinajstić information content (AvgIpc) is 3.16. The first-order valence-electron chi connectivity index (χ1n) is 9.80. The summed E-state index contributed by atoms with van der Waals surface area (Å²) in [6, 6.07) is 15.3. The molecule has 0 aromatic heterocycles. The van der Waals surface area contributed by atoms with E-state index in [0.717, 1.165) is 61.0 Å². The lowest BCUT2D eigenvalue weighted by atomic mass is 10.1. The van der Waals surface area contributed by atoms with Crippen LogP contribution < -0.4 is 10.2 Å². The van der Waals surface area contributed by atoms with E-state index in [1.165, 1.54) is 0 Å². The number of benzene rings is 2. The molecule has 2 aromatic rings. The van der Waals surface area contributed by atoms with Crippen molar-refractivity contribution in [3.63, 3.8) is 0 Å². The minimum atomic E-state index is -0.143. The fraction of sp³-hybridized carbons (Fsp3) is 0.364. The molecule has 0 spiro atoms. The second-order valence-electron chi connectivity index (χ2n) is 7.20. The first-order valence-corrected chi connectivity index (χ1v) is 11.0. The van der Waals surface area contributed by atoms with Crippen molar-refractivity contribution < 1.29 is 9.59 Å². The Kier molecular flexibility index (Phi) is 5.98. The minimum absolute atomic E-state index is 0.127. The fourth-order valence-corrected chi connectivity index (χ4v) is 4.69. The van der Waals surface area contributed by atoms with E-state index in [2.05, 4.69) is 16.3 Å². The molecule has 0 saturated carbocycles. The Balaban J connectivity index is 1.49. The van der Waals surface area contributed by atoms with Crippen LogP contribution in [-0.2, 0) is 11.3 Å². The average molecular weight is 396 g/mol. The molecular weight excluding hydrogens is 370 g/mol. The van der Waals surface area contributed by atoms with E-state index in [-0.39, 0.29) is 11.8 Å². The number of anilines is 2. The third-order valence-electron chi connectivity index (χ3n) is 5.26. The largest absolute Gasteiger partial charge is 0.322 e. The quantitative estimate of drug-likeness (QED) is 0.840. The summed E-state index contributed by atoms with van der Waals surface area (Å²) in [5.74, 6) is 2.31. The van der Waals surface area contributed by atoms with Gasteiger partial charge in [0.2, 0.25) is 5.91 Å². The Hall–Kier alpha value is -2.31. The molecule has 28 heavy (non-hydrogen) atoms. The van der Waals surface area contributed by atoms with Gasteiger partial charge in [0.15, 0.2) is 0 Å². The summed E-state index contributed by atoms with van der Waals surface area (Å²) in [5, 5.41) is 3.07. The minimum Gasteiger partial charge on any atom is -0.322 e. The van der Waals surface area contributed by atoms with Crippen LogP contribution in [0.15, 0.2) is 48.5 Å². The molecule has 0 radical (unpaired) electrons. The number of hydrogen-bond donors (Lipinski definition) is 1. The van der Waals surface area contributed by atoms with Crippen molar-refractivity contribution in [3.05, 3.63) is 59.7 Å². The summed E-state index contributed by atoms with van der Waals surface area (Å²) in [6.45, 7) is 3.73. The van der Waals surface area contributed by atoms with Gasteiger partial charge in [-0.15, -0.1) is 0 Å². The second kappa shape index (κ2) is 8.80. The summed E-state index contributed by atoms with van der Waals surface area (Å²) in [5.41, 5.74) is 3.36. The first kappa shape index (κ1) is 19.0. The summed E-state index contributed by atoms with van der Waals surface area (Å²) < 4.78 is 0. The number of carbonyl (C=O) groups excluding carboxylic acids is 2. The highest BCUT2D eigenvalue weighted by Gasteiger charge is 2.22. The molecule has 5 nitrogen and oxygen atoms in total. The van der Waals surface area contributed by atoms with Gasteiger partial charge in [0, 0.05) is 61.0 Å². The Morgan fingerprint density at radius 1 is 1.04 bits per heavy atom. The maximum Gasteiger partial charge on any atom is 0.255 e. The van der Waals surface area contributed by atoms with Crippen molar-refractivity contribution in [2.24, 2.45) is 0 Å². The van der Waals surface area contributed by atoms with Gasteiger partial charge in [0.25, 0.3) is 5.91 Å². The molecule has 2 saturated heterocycles. The molecule has 0 atom stereocenters. The lowest BCUT2D eigenvalue weighted by Gasteiger charge is -2.27. The van der Waals surface area contributed by atoms with Gasteiger partial charge in [-0.3, -0.25) is 14.5 Å². The van der Waals surface area contributed by atoms with Crippen molar-refractivity contribution >= 4 is 35.0 Å². The zero-order chi connectivity index (χ0) is 19.3. The summed E-state index contributed by atoms with van der Waals surface area (Å²) >= 11 is 1.99. The number of rotatable bonds is 5. The maximum atomic E-state index is 12.9. The summed E-state index contributed by atoms with van der Waals surface area (Å²) in [7, 11) is 0. The van der Waals surface area contributed by atoms with Crippen molar-refractivity contribution in [3.8, 4) is 0 Å². The fourth-order valence-electron chi connectivity index (χ4n) is 3.71. The van der Waals surface area contributed by atoms with E-state index in [9.17, 15) is 9.59 Å². The molecule has 2 aliphatic rings. The first-order chi connectivity index (χ1) is 13.7. The van der Waals surface area contributed by atoms with Gasteiger partial charge in [0.05, 0.1) is 0 Å². The van der Waals surface area contributed by atoms with Crippen molar-refractivity contribution in [2.45, 2.75) is 19.4 Å². The monoisotopic (exact) mass is 395 g/mol. The van der Waals surface area contributed by atoms with Gasteiger partial charge in [-0.2, -0.15) is 11.8 Å². The molecule has 2 amide bonds. The van der Waals surface area contributed by atoms with E-state index in [1.807, 2.05) is 48.2 Å². The van der Waals surface area contributed by atoms with Crippen LogP contribution in [0.1, 0.15) is 28.8 Å². The zero-order valence-electron chi connectivity index (χ0n) is 15.9. The predicted octanol–water partition coefficient (Wildman–Crippen LogP) is 3.61. The predicted molar refractivity (Wildman–Crippen MR) is 115 cm³/mol. The standard InChI is InChI=1S/C22H25N3O2S/c26-21-9-4-10-25(21)19-7-3-6-17(15-19)22(27)23-20-8-2-1-5-18(20)16-24-11-13-28-14-12-24/h1-3,5-8,15H,4,9-14,16H2,(H,23,27). The van der Waals surface area contributed by atoms with Gasteiger partial charge < -0.3 is 10.2 Å². The van der Waals surface area contributed by atoms with E-state index in [1.54, 1.807) is 11.0 Å². The second-order valence-corrected chi connectivity index (χ2v) is 8.42. The van der Waals surface area contributed by atoms with Crippen LogP contribution in [0.4, 0.5) is 11.4 Å². The number of amides is 2. The highest BCUT2D eigenvalue weighted by Crippen LogP contribution is 2.24. The van der Waals surface area contributed by atoms with Crippen LogP contribution in [0.25, 0.3) is 0 Å². The van der Waals surface area contributed by atoms with Gasteiger partial charge in [-0.1, -0.05) is 24.3 Å². The van der Waals surface area contributed by atoms with Gasteiger partial charge in [-0.25, -0.2) is 0 Å². The molecule has 0 bridgehead atoms. The number of carbonyl (C=O) groups is 2. The molecule has 146 valence electrons. The Morgan fingerprint density at radius 2 is 1.86 bits per heavy atom. The van der Waals surface area contributed by atoms with Crippen LogP contribution in [0.3, 0.4) is 0 Å². The molecule has 2 heterocycles. The van der Waals surface area contributed by atoms with E-state index in [4.69, 9.17) is 0 Å². The Morgan fingerprint density at radius 3 is 2.64 bits per heavy atom. The van der Waals surface area contributed by atoms with E-state index in [0.29, 0.717) is 12.0 Å². The number of hydrogen-bond acceptors (Lipinski definition) is 4. The summed E-state index contributed by atoms with van der Waals surface area (Å²) in [6.07, 6.45) is 1.45. The third kappa shape index (κ3) is 4.39.